The number of carbonyl (C=O) groups is 2. The average molecular weight is 364 g/mol. The highest BCUT2D eigenvalue weighted by Gasteiger charge is 2.22. The number of anilines is 1. The minimum Gasteiger partial charge on any atom is -0.448 e. The molecule has 1 atom stereocenters. The Morgan fingerprint density at radius 2 is 1.85 bits per heavy atom. The first-order chi connectivity index (χ1) is 12.5. The minimum atomic E-state index is -0.942. The summed E-state index contributed by atoms with van der Waals surface area (Å²) < 4.78 is 6.34. The lowest BCUT2D eigenvalue weighted by Crippen LogP contribution is -2.29. The zero-order valence-electron chi connectivity index (χ0n) is 14.3. The summed E-state index contributed by atoms with van der Waals surface area (Å²) in [5, 5.41) is 12.5. The van der Waals surface area contributed by atoms with E-state index in [1.807, 2.05) is 37.3 Å². The molecule has 1 aromatic heterocycles. The first kappa shape index (κ1) is 17.6. The number of hydrogen-bond acceptors (Lipinski definition) is 5. The van der Waals surface area contributed by atoms with Gasteiger partial charge in [-0.25, -0.2) is 4.79 Å². The van der Waals surface area contributed by atoms with Gasteiger partial charge in [0, 0.05) is 10.4 Å². The zero-order valence-corrected chi connectivity index (χ0v) is 15.1. The SMILES string of the molecule is Cc1c(C(=O)O[C@@H](C)C(=O)Nc2ccc(C#N)cc2)sc2ccccc12. The van der Waals surface area contributed by atoms with Gasteiger partial charge in [0.25, 0.3) is 5.91 Å². The summed E-state index contributed by atoms with van der Waals surface area (Å²) in [4.78, 5) is 25.2. The van der Waals surface area contributed by atoms with Crippen LogP contribution >= 0.6 is 11.3 Å². The van der Waals surface area contributed by atoms with Gasteiger partial charge in [-0.1, -0.05) is 18.2 Å². The standard InChI is InChI=1S/C20H16N2O3S/c1-12-16-5-3-4-6-17(16)26-18(12)20(24)25-13(2)19(23)22-15-9-7-14(11-21)8-10-15/h3-10,13H,1-2H3,(H,22,23)/t13-/m0/s1. The number of rotatable bonds is 4. The Hall–Kier alpha value is -3.17. The predicted molar refractivity (Wildman–Crippen MR) is 101 cm³/mol. The van der Waals surface area contributed by atoms with Gasteiger partial charge in [0.15, 0.2) is 6.10 Å². The monoisotopic (exact) mass is 364 g/mol. The molecule has 2 aromatic carbocycles. The number of fused-ring (bicyclic) bond motifs is 1. The van der Waals surface area contributed by atoms with E-state index in [2.05, 4.69) is 5.32 Å². The van der Waals surface area contributed by atoms with Crippen molar-refractivity contribution >= 4 is 39.0 Å². The number of hydrogen-bond donors (Lipinski definition) is 1. The molecule has 0 bridgehead atoms. The molecule has 1 amide bonds. The Morgan fingerprint density at radius 1 is 1.15 bits per heavy atom. The molecule has 0 aliphatic heterocycles. The molecule has 1 heterocycles. The molecule has 0 saturated carbocycles. The lowest BCUT2D eigenvalue weighted by Gasteiger charge is -2.13. The first-order valence-electron chi connectivity index (χ1n) is 7.99. The van der Waals surface area contributed by atoms with Crippen molar-refractivity contribution in [2.45, 2.75) is 20.0 Å². The maximum Gasteiger partial charge on any atom is 0.349 e. The number of amides is 1. The molecule has 0 saturated heterocycles. The van der Waals surface area contributed by atoms with Gasteiger partial charge in [-0.3, -0.25) is 4.79 Å². The first-order valence-corrected chi connectivity index (χ1v) is 8.81. The Kier molecular flexibility index (Phi) is 5.01. The molecule has 0 fully saturated rings. The normalized spacial score (nSPS) is 11.6. The van der Waals surface area contributed by atoms with E-state index in [0.29, 0.717) is 16.1 Å². The van der Waals surface area contributed by atoms with Crippen LogP contribution in [0.15, 0.2) is 48.5 Å². The molecule has 26 heavy (non-hydrogen) atoms. The summed E-state index contributed by atoms with van der Waals surface area (Å²) in [5.74, 6) is -0.937. The molecule has 0 radical (unpaired) electrons. The molecular formula is C20H16N2O3S. The van der Waals surface area contributed by atoms with Crippen LogP contribution in [-0.2, 0) is 9.53 Å². The van der Waals surface area contributed by atoms with Gasteiger partial charge in [-0.05, 0) is 55.1 Å². The van der Waals surface area contributed by atoms with E-state index < -0.39 is 18.0 Å². The van der Waals surface area contributed by atoms with Crippen LogP contribution in [-0.4, -0.2) is 18.0 Å². The van der Waals surface area contributed by atoms with Gasteiger partial charge in [0.1, 0.15) is 4.88 Å². The number of nitrogens with one attached hydrogen (secondary N) is 1. The highest BCUT2D eigenvalue weighted by Crippen LogP contribution is 2.31. The number of nitrogens with zero attached hydrogens (tertiary/aromatic N) is 1. The van der Waals surface area contributed by atoms with Gasteiger partial charge in [0.05, 0.1) is 11.6 Å². The third-order valence-corrected chi connectivity index (χ3v) is 5.22. The van der Waals surface area contributed by atoms with Gasteiger partial charge in [-0.2, -0.15) is 5.26 Å². The van der Waals surface area contributed by atoms with E-state index in [1.165, 1.54) is 18.3 Å². The van der Waals surface area contributed by atoms with Crippen LogP contribution < -0.4 is 5.32 Å². The number of ether oxygens (including phenoxy) is 1. The Bertz CT molecular complexity index is 1020. The van der Waals surface area contributed by atoms with Crippen LogP contribution in [0.5, 0.6) is 0 Å². The number of carbonyl (C=O) groups excluding carboxylic acids is 2. The van der Waals surface area contributed by atoms with Crippen molar-refractivity contribution in [1.82, 2.24) is 0 Å². The predicted octanol–water partition coefficient (Wildman–Crippen LogP) is 4.27. The van der Waals surface area contributed by atoms with E-state index >= 15 is 0 Å². The topological polar surface area (TPSA) is 79.2 Å². The van der Waals surface area contributed by atoms with E-state index in [1.54, 1.807) is 24.3 Å². The Balaban J connectivity index is 1.68. The average Bonchev–Trinajstić information content (AvgIpc) is 2.99. The van der Waals surface area contributed by atoms with Crippen molar-refractivity contribution in [2.75, 3.05) is 5.32 Å². The molecule has 0 aliphatic carbocycles. The number of benzene rings is 2. The van der Waals surface area contributed by atoms with Crippen molar-refractivity contribution in [3.63, 3.8) is 0 Å². The summed E-state index contributed by atoms with van der Waals surface area (Å²) in [6, 6.07) is 16.2. The molecule has 6 heteroatoms. The molecular weight excluding hydrogens is 348 g/mol. The number of thiophene rings is 1. The lowest BCUT2D eigenvalue weighted by molar-refractivity contribution is -0.123. The van der Waals surface area contributed by atoms with Crippen LogP contribution in [0.25, 0.3) is 10.1 Å². The molecule has 3 rings (SSSR count). The number of nitriles is 1. The van der Waals surface area contributed by atoms with Crippen molar-refractivity contribution in [1.29, 1.82) is 5.26 Å². The molecule has 0 aliphatic rings. The molecule has 1 N–H and O–H groups in total. The molecule has 130 valence electrons. The van der Waals surface area contributed by atoms with E-state index in [-0.39, 0.29) is 0 Å². The highest BCUT2D eigenvalue weighted by molar-refractivity contribution is 7.21. The third-order valence-electron chi connectivity index (χ3n) is 3.96. The maximum atomic E-state index is 12.5. The fraction of sp³-hybridized carbons (Fsp3) is 0.150. The van der Waals surface area contributed by atoms with Crippen LogP contribution in [0.1, 0.15) is 27.7 Å². The van der Waals surface area contributed by atoms with Gasteiger partial charge in [-0.15, -0.1) is 11.3 Å². The molecule has 0 unspecified atom stereocenters. The van der Waals surface area contributed by atoms with Crippen molar-refractivity contribution < 1.29 is 14.3 Å². The highest BCUT2D eigenvalue weighted by atomic mass is 32.1. The quantitative estimate of drug-likeness (QED) is 0.701. The van der Waals surface area contributed by atoms with E-state index in [0.717, 1.165) is 15.6 Å². The summed E-state index contributed by atoms with van der Waals surface area (Å²) in [7, 11) is 0. The van der Waals surface area contributed by atoms with Crippen LogP contribution in [0.3, 0.4) is 0 Å². The number of aryl methyl sites for hydroxylation is 1. The molecule has 5 nitrogen and oxygen atoms in total. The fourth-order valence-electron chi connectivity index (χ4n) is 2.51. The van der Waals surface area contributed by atoms with Crippen LogP contribution in [0.2, 0.25) is 0 Å². The lowest BCUT2D eigenvalue weighted by atomic mass is 10.1. The van der Waals surface area contributed by atoms with E-state index in [9.17, 15) is 9.59 Å². The number of esters is 1. The second-order valence-electron chi connectivity index (χ2n) is 5.78. The Morgan fingerprint density at radius 3 is 2.50 bits per heavy atom. The molecule has 3 aromatic rings. The van der Waals surface area contributed by atoms with Crippen LogP contribution in [0, 0.1) is 18.3 Å². The smallest absolute Gasteiger partial charge is 0.349 e. The largest absolute Gasteiger partial charge is 0.448 e. The third kappa shape index (κ3) is 3.58. The second-order valence-corrected chi connectivity index (χ2v) is 6.83. The van der Waals surface area contributed by atoms with Crippen molar-refractivity contribution in [3.8, 4) is 6.07 Å². The Labute approximate surface area is 154 Å². The fourth-order valence-corrected chi connectivity index (χ4v) is 3.60. The zero-order chi connectivity index (χ0) is 18.7. The summed E-state index contributed by atoms with van der Waals surface area (Å²) >= 11 is 1.36. The van der Waals surface area contributed by atoms with Gasteiger partial charge in [0.2, 0.25) is 0 Å². The van der Waals surface area contributed by atoms with Crippen molar-refractivity contribution in [2.24, 2.45) is 0 Å². The van der Waals surface area contributed by atoms with Crippen LogP contribution in [0.4, 0.5) is 5.69 Å². The summed E-state index contributed by atoms with van der Waals surface area (Å²) in [5.41, 5.74) is 1.90. The van der Waals surface area contributed by atoms with Gasteiger partial charge >= 0.3 is 5.97 Å². The maximum absolute atomic E-state index is 12.5. The summed E-state index contributed by atoms with van der Waals surface area (Å²) in [6.45, 7) is 3.40. The molecule has 0 spiro atoms. The van der Waals surface area contributed by atoms with E-state index in [4.69, 9.17) is 10.00 Å². The second kappa shape index (κ2) is 7.38. The van der Waals surface area contributed by atoms with Gasteiger partial charge < -0.3 is 10.1 Å². The van der Waals surface area contributed by atoms with Crippen molar-refractivity contribution in [3.05, 3.63) is 64.5 Å². The summed E-state index contributed by atoms with van der Waals surface area (Å²) in [6.07, 6.45) is -0.942. The minimum absolute atomic E-state index is 0.429.